The van der Waals surface area contributed by atoms with E-state index in [9.17, 15) is 4.79 Å². The van der Waals surface area contributed by atoms with Crippen LogP contribution in [0.3, 0.4) is 0 Å². The fourth-order valence-corrected chi connectivity index (χ4v) is 3.80. The molecule has 0 aromatic heterocycles. The molecule has 2 heterocycles. The van der Waals surface area contributed by atoms with Crippen molar-refractivity contribution in [3.05, 3.63) is 23.8 Å². The van der Waals surface area contributed by atoms with Crippen molar-refractivity contribution in [3.8, 4) is 11.5 Å². The van der Waals surface area contributed by atoms with E-state index in [1.54, 1.807) is 7.11 Å². The zero-order valence-corrected chi connectivity index (χ0v) is 15.0. The smallest absolute Gasteiger partial charge is 0.223 e. The van der Waals surface area contributed by atoms with Gasteiger partial charge in [0, 0.05) is 43.1 Å². The van der Waals surface area contributed by atoms with E-state index in [1.807, 2.05) is 18.2 Å². The van der Waals surface area contributed by atoms with Crippen molar-refractivity contribution in [3.63, 3.8) is 0 Å². The monoisotopic (exact) mass is 332 g/mol. The highest BCUT2D eigenvalue weighted by atomic mass is 16.5. The van der Waals surface area contributed by atoms with Crippen LogP contribution in [0.2, 0.25) is 0 Å². The van der Waals surface area contributed by atoms with Gasteiger partial charge in [0.25, 0.3) is 0 Å². The van der Waals surface area contributed by atoms with Gasteiger partial charge in [-0.15, -0.1) is 0 Å². The van der Waals surface area contributed by atoms with Gasteiger partial charge in [0.05, 0.1) is 13.7 Å². The van der Waals surface area contributed by atoms with Crippen LogP contribution in [-0.4, -0.2) is 62.1 Å². The van der Waals surface area contributed by atoms with Crippen LogP contribution in [-0.2, 0) is 4.79 Å². The normalized spacial score (nSPS) is 24.2. The Labute approximate surface area is 144 Å². The Morgan fingerprint density at radius 1 is 1.38 bits per heavy atom. The Morgan fingerprint density at radius 3 is 2.96 bits per heavy atom. The third-order valence-electron chi connectivity index (χ3n) is 5.22. The number of benzene rings is 1. The molecule has 5 nitrogen and oxygen atoms in total. The number of hydrogen-bond acceptors (Lipinski definition) is 4. The molecule has 5 heteroatoms. The molecule has 1 amide bonds. The largest absolute Gasteiger partial charge is 0.497 e. The maximum absolute atomic E-state index is 12.9. The number of ether oxygens (including phenoxy) is 2. The summed E-state index contributed by atoms with van der Waals surface area (Å²) in [5.74, 6) is 2.06. The van der Waals surface area contributed by atoms with E-state index in [4.69, 9.17) is 9.47 Å². The molecule has 0 saturated carbocycles. The lowest BCUT2D eigenvalue weighted by Gasteiger charge is -2.31. The molecule has 2 aliphatic rings. The number of likely N-dealkylation sites (N-methyl/N-ethyl adjacent to an activating group) is 1. The Bertz CT molecular complexity index is 590. The maximum atomic E-state index is 12.9. The maximum Gasteiger partial charge on any atom is 0.223 e. The van der Waals surface area contributed by atoms with Crippen LogP contribution in [0.25, 0.3) is 0 Å². The van der Waals surface area contributed by atoms with Crippen molar-refractivity contribution in [1.29, 1.82) is 0 Å². The molecule has 3 rings (SSSR count). The molecule has 2 atom stereocenters. The summed E-state index contributed by atoms with van der Waals surface area (Å²) in [6.07, 6.45) is 2.58. The first-order chi connectivity index (χ1) is 11.6. The van der Waals surface area contributed by atoms with E-state index >= 15 is 0 Å². The molecule has 1 aromatic rings. The van der Waals surface area contributed by atoms with Gasteiger partial charge in [-0.05, 0) is 32.5 Å². The molecule has 1 aromatic carbocycles. The predicted molar refractivity (Wildman–Crippen MR) is 93.8 cm³/mol. The topological polar surface area (TPSA) is 42.0 Å². The van der Waals surface area contributed by atoms with Gasteiger partial charge in [-0.1, -0.05) is 13.0 Å². The van der Waals surface area contributed by atoms with Gasteiger partial charge < -0.3 is 19.3 Å². The summed E-state index contributed by atoms with van der Waals surface area (Å²) in [7, 11) is 3.80. The lowest BCUT2D eigenvalue weighted by Crippen LogP contribution is -2.44. The number of carbonyl (C=O) groups excluding carboxylic acids is 1. The Hall–Kier alpha value is -1.75. The van der Waals surface area contributed by atoms with E-state index in [0.717, 1.165) is 49.5 Å². The van der Waals surface area contributed by atoms with Crippen LogP contribution in [0, 0.1) is 0 Å². The van der Waals surface area contributed by atoms with Crippen molar-refractivity contribution in [1.82, 2.24) is 9.80 Å². The Kier molecular flexibility index (Phi) is 5.29. The minimum absolute atomic E-state index is 0.150. The number of carbonyl (C=O) groups is 1. The minimum Gasteiger partial charge on any atom is -0.497 e. The lowest BCUT2D eigenvalue weighted by atomic mass is 9.96. The lowest BCUT2D eigenvalue weighted by molar-refractivity contribution is -0.134. The second kappa shape index (κ2) is 7.43. The van der Waals surface area contributed by atoms with E-state index in [0.29, 0.717) is 19.1 Å². The van der Waals surface area contributed by atoms with Gasteiger partial charge in [0.15, 0.2) is 0 Å². The molecule has 0 spiro atoms. The first-order valence-corrected chi connectivity index (χ1v) is 8.91. The summed E-state index contributed by atoms with van der Waals surface area (Å²) in [5.41, 5.74) is 1.13. The van der Waals surface area contributed by atoms with Crippen molar-refractivity contribution in [2.45, 2.75) is 38.1 Å². The van der Waals surface area contributed by atoms with Crippen LogP contribution < -0.4 is 9.47 Å². The minimum atomic E-state index is 0.150. The van der Waals surface area contributed by atoms with Crippen LogP contribution >= 0.6 is 0 Å². The van der Waals surface area contributed by atoms with Gasteiger partial charge in [-0.2, -0.15) is 0 Å². The zero-order chi connectivity index (χ0) is 17.1. The number of amides is 1. The van der Waals surface area contributed by atoms with Gasteiger partial charge >= 0.3 is 0 Å². The van der Waals surface area contributed by atoms with Crippen LogP contribution in [0.5, 0.6) is 11.5 Å². The third kappa shape index (κ3) is 3.51. The molecule has 132 valence electrons. The van der Waals surface area contributed by atoms with Crippen molar-refractivity contribution in [2.24, 2.45) is 0 Å². The first-order valence-electron chi connectivity index (χ1n) is 8.91. The van der Waals surface area contributed by atoms with E-state index in [1.165, 1.54) is 0 Å². The van der Waals surface area contributed by atoms with E-state index in [2.05, 4.69) is 23.8 Å². The second-order valence-corrected chi connectivity index (χ2v) is 6.88. The number of nitrogens with zero attached hydrogens (tertiary/aromatic N) is 2. The fraction of sp³-hybridized carbons (Fsp3) is 0.632. The number of rotatable bonds is 4. The number of fused-ring (bicyclic) bond motifs is 1. The number of hydrogen-bond donors (Lipinski definition) is 0. The molecule has 24 heavy (non-hydrogen) atoms. The molecule has 0 aliphatic carbocycles. The average molecular weight is 332 g/mol. The number of methoxy groups -OCH3 is 1. The van der Waals surface area contributed by atoms with Crippen LogP contribution in [0.15, 0.2) is 18.2 Å². The highest BCUT2D eigenvalue weighted by molar-refractivity contribution is 5.78. The SMILES string of the molecule is CCC1CN(C)CCCN1C(=O)CC1COc2cc(OC)ccc21. The van der Waals surface area contributed by atoms with Gasteiger partial charge in [-0.3, -0.25) is 4.79 Å². The summed E-state index contributed by atoms with van der Waals surface area (Å²) < 4.78 is 11.0. The standard InChI is InChI=1S/C19H28N2O3/c1-4-15-12-20(2)8-5-9-21(15)19(22)10-14-13-24-18-11-16(23-3)6-7-17(14)18/h6-7,11,14-15H,4-5,8-10,12-13H2,1-3H3. The average Bonchev–Trinajstić information content (AvgIpc) is 2.87. The molecule has 0 N–H and O–H groups in total. The first kappa shape index (κ1) is 17.1. The molecule has 2 unspecified atom stereocenters. The highest BCUT2D eigenvalue weighted by Gasteiger charge is 2.31. The molecule has 1 saturated heterocycles. The fourth-order valence-electron chi connectivity index (χ4n) is 3.80. The van der Waals surface area contributed by atoms with E-state index in [-0.39, 0.29) is 11.8 Å². The third-order valence-corrected chi connectivity index (χ3v) is 5.22. The zero-order valence-electron chi connectivity index (χ0n) is 15.0. The van der Waals surface area contributed by atoms with Crippen molar-refractivity contribution < 1.29 is 14.3 Å². The quantitative estimate of drug-likeness (QED) is 0.850. The summed E-state index contributed by atoms with van der Waals surface area (Å²) in [5, 5.41) is 0. The van der Waals surface area contributed by atoms with Gasteiger partial charge in [0.1, 0.15) is 11.5 Å². The van der Waals surface area contributed by atoms with Crippen molar-refractivity contribution in [2.75, 3.05) is 40.4 Å². The summed E-state index contributed by atoms with van der Waals surface area (Å²) in [6.45, 7) is 5.65. The van der Waals surface area contributed by atoms with Gasteiger partial charge in [0.2, 0.25) is 5.91 Å². The van der Waals surface area contributed by atoms with Gasteiger partial charge in [-0.25, -0.2) is 0 Å². The molecule has 2 aliphatic heterocycles. The van der Waals surface area contributed by atoms with E-state index < -0.39 is 0 Å². The summed E-state index contributed by atoms with van der Waals surface area (Å²) >= 11 is 0. The van der Waals surface area contributed by atoms with Crippen LogP contribution in [0.4, 0.5) is 0 Å². The summed E-state index contributed by atoms with van der Waals surface area (Å²) in [6, 6.07) is 6.21. The highest BCUT2D eigenvalue weighted by Crippen LogP contribution is 2.38. The molecular weight excluding hydrogens is 304 g/mol. The molecule has 0 bridgehead atoms. The second-order valence-electron chi connectivity index (χ2n) is 6.88. The van der Waals surface area contributed by atoms with Crippen molar-refractivity contribution >= 4 is 5.91 Å². The molecular formula is C19H28N2O3. The molecule has 0 radical (unpaired) electrons. The summed E-state index contributed by atoms with van der Waals surface area (Å²) in [4.78, 5) is 17.4. The Balaban J connectivity index is 1.69. The predicted octanol–water partition coefficient (Wildman–Crippen LogP) is 2.50. The Morgan fingerprint density at radius 2 is 2.21 bits per heavy atom. The van der Waals surface area contributed by atoms with Crippen LogP contribution in [0.1, 0.15) is 37.7 Å². The molecule has 1 fully saturated rings.